The van der Waals surface area contributed by atoms with E-state index in [2.05, 4.69) is 42.6 Å². The minimum Gasteiger partial charge on any atom is -0.306 e. The molecule has 0 aromatic carbocycles. The van der Waals surface area contributed by atoms with Gasteiger partial charge in [-0.05, 0) is 31.2 Å². The lowest BCUT2D eigenvalue weighted by Gasteiger charge is -2.38. The monoisotopic (exact) mass is 244 g/mol. The second-order valence-electron chi connectivity index (χ2n) is 5.79. The van der Waals surface area contributed by atoms with Crippen molar-refractivity contribution in [2.75, 3.05) is 6.54 Å². The predicted octanol–water partition coefficient (Wildman–Crippen LogP) is 3.57. The Hall–Kier alpha value is -1.07. The average molecular weight is 244 g/mol. The number of nitrogens with zero attached hydrogens (tertiary/aromatic N) is 1. The SMILES string of the molecule is CC1C=CC=CC1(CC#N)NCC1CCCCC1. The first-order valence-electron chi connectivity index (χ1n) is 7.25. The molecule has 0 radical (unpaired) electrons. The second kappa shape index (κ2) is 6.20. The quantitative estimate of drug-likeness (QED) is 0.820. The number of rotatable bonds is 4. The van der Waals surface area contributed by atoms with Crippen LogP contribution in [0.25, 0.3) is 0 Å². The van der Waals surface area contributed by atoms with Gasteiger partial charge in [-0.15, -0.1) is 0 Å². The van der Waals surface area contributed by atoms with E-state index >= 15 is 0 Å². The van der Waals surface area contributed by atoms with Crippen LogP contribution in [0.3, 0.4) is 0 Å². The van der Waals surface area contributed by atoms with Gasteiger partial charge in [0.1, 0.15) is 0 Å². The van der Waals surface area contributed by atoms with Crippen molar-refractivity contribution in [3.63, 3.8) is 0 Å². The molecule has 18 heavy (non-hydrogen) atoms. The van der Waals surface area contributed by atoms with Gasteiger partial charge in [-0.2, -0.15) is 5.26 Å². The highest BCUT2D eigenvalue weighted by Gasteiger charge is 2.33. The van der Waals surface area contributed by atoms with E-state index in [0.29, 0.717) is 12.3 Å². The molecule has 2 unspecified atom stereocenters. The zero-order chi connectivity index (χ0) is 12.8. The summed E-state index contributed by atoms with van der Waals surface area (Å²) in [6.45, 7) is 3.26. The lowest BCUT2D eigenvalue weighted by atomic mass is 9.78. The molecule has 0 saturated heterocycles. The highest BCUT2D eigenvalue weighted by molar-refractivity contribution is 5.25. The molecular weight excluding hydrogens is 220 g/mol. The maximum atomic E-state index is 9.09. The van der Waals surface area contributed by atoms with E-state index in [1.165, 1.54) is 32.1 Å². The summed E-state index contributed by atoms with van der Waals surface area (Å²) in [5.41, 5.74) is -0.138. The summed E-state index contributed by atoms with van der Waals surface area (Å²) in [4.78, 5) is 0. The molecule has 0 heterocycles. The summed E-state index contributed by atoms with van der Waals surface area (Å²) < 4.78 is 0. The average Bonchev–Trinajstić information content (AvgIpc) is 2.41. The van der Waals surface area contributed by atoms with Gasteiger partial charge in [0.2, 0.25) is 0 Å². The molecule has 2 rings (SSSR count). The van der Waals surface area contributed by atoms with Crippen LogP contribution in [0.5, 0.6) is 0 Å². The van der Waals surface area contributed by atoms with Crippen molar-refractivity contribution in [3.05, 3.63) is 24.3 Å². The van der Waals surface area contributed by atoms with Gasteiger partial charge in [0.05, 0.1) is 18.0 Å². The third-order valence-corrected chi connectivity index (χ3v) is 4.53. The second-order valence-corrected chi connectivity index (χ2v) is 5.79. The maximum Gasteiger partial charge on any atom is 0.0644 e. The Kier molecular flexibility index (Phi) is 4.60. The molecule has 2 aliphatic carbocycles. The smallest absolute Gasteiger partial charge is 0.0644 e. The fourth-order valence-electron chi connectivity index (χ4n) is 3.14. The van der Waals surface area contributed by atoms with Crippen LogP contribution in [0.4, 0.5) is 0 Å². The van der Waals surface area contributed by atoms with Crippen LogP contribution in [0.1, 0.15) is 45.4 Å². The van der Waals surface area contributed by atoms with Gasteiger partial charge in [-0.1, -0.05) is 50.5 Å². The topological polar surface area (TPSA) is 35.8 Å². The molecule has 1 fully saturated rings. The van der Waals surface area contributed by atoms with Crippen molar-refractivity contribution in [3.8, 4) is 6.07 Å². The predicted molar refractivity (Wildman–Crippen MR) is 75.0 cm³/mol. The Bertz CT molecular complexity index is 358. The summed E-state index contributed by atoms with van der Waals surface area (Å²) in [7, 11) is 0. The number of hydrogen-bond donors (Lipinski definition) is 1. The molecule has 2 nitrogen and oxygen atoms in total. The van der Waals surface area contributed by atoms with Gasteiger partial charge in [-0.3, -0.25) is 0 Å². The first kappa shape index (κ1) is 13.4. The molecule has 0 aromatic rings. The molecule has 2 aliphatic rings. The molecule has 0 aliphatic heterocycles. The first-order chi connectivity index (χ1) is 8.77. The van der Waals surface area contributed by atoms with Gasteiger partial charge >= 0.3 is 0 Å². The zero-order valence-corrected chi connectivity index (χ0v) is 11.4. The minimum atomic E-state index is -0.138. The normalized spacial score (nSPS) is 32.3. The van der Waals surface area contributed by atoms with E-state index < -0.39 is 0 Å². The molecule has 1 saturated carbocycles. The first-order valence-corrected chi connectivity index (χ1v) is 7.25. The molecule has 0 amide bonds. The zero-order valence-electron chi connectivity index (χ0n) is 11.4. The summed E-state index contributed by atoms with van der Waals surface area (Å²) in [6.07, 6.45) is 16.0. The summed E-state index contributed by atoms with van der Waals surface area (Å²) >= 11 is 0. The van der Waals surface area contributed by atoms with Gasteiger partial charge in [0.15, 0.2) is 0 Å². The van der Waals surface area contributed by atoms with Gasteiger partial charge < -0.3 is 5.32 Å². The van der Waals surface area contributed by atoms with Crippen molar-refractivity contribution in [2.24, 2.45) is 11.8 Å². The Labute approximate surface area is 111 Å². The van der Waals surface area contributed by atoms with E-state index in [1.54, 1.807) is 0 Å². The molecule has 2 atom stereocenters. The van der Waals surface area contributed by atoms with Gasteiger partial charge in [0.25, 0.3) is 0 Å². The lowest BCUT2D eigenvalue weighted by molar-refractivity contribution is 0.269. The van der Waals surface area contributed by atoms with Crippen LogP contribution in [-0.4, -0.2) is 12.1 Å². The van der Waals surface area contributed by atoms with Crippen LogP contribution in [0.15, 0.2) is 24.3 Å². The van der Waals surface area contributed by atoms with E-state index in [-0.39, 0.29) is 5.54 Å². The number of nitrogens with one attached hydrogen (secondary N) is 1. The molecule has 0 aromatic heterocycles. The van der Waals surface area contributed by atoms with Crippen molar-refractivity contribution in [1.82, 2.24) is 5.32 Å². The Balaban J connectivity index is 1.96. The van der Waals surface area contributed by atoms with E-state index in [9.17, 15) is 0 Å². The number of nitriles is 1. The van der Waals surface area contributed by atoms with Crippen LogP contribution in [0.2, 0.25) is 0 Å². The van der Waals surface area contributed by atoms with Crippen LogP contribution >= 0.6 is 0 Å². The van der Waals surface area contributed by atoms with Crippen molar-refractivity contribution in [1.29, 1.82) is 5.26 Å². The van der Waals surface area contributed by atoms with Crippen LogP contribution in [0, 0.1) is 23.2 Å². The molecular formula is C16H24N2. The fourth-order valence-corrected chi connectivity index (χ4v) is 3.14. The summed E-state index contributed by atoms with van der Waals surface area (Å²) in [6, 6.07) is 2.35. The Morgan fingerprint density at radius 2 is 2.06 bits per heavy atom. The molecule has 0 bridgehead atoms. The van der Waals surface area contributed by atoms with E-state index in [0.717, 1.165) is 12.5 Å². The Morgan fingerprint density at radius 1 is 1.28 bits per heavy atom. The molecule has 98 valence electrons. The van der Waals surface area contributed by atoms with Crippen LogP contribution < -0.4 is 5.32 Å². The third kappa shape index (κ3) is 3.03. The third-order valence-electron chi connectivity index (χ3n) is 4.53. The molecule has 1 N–H and O–H groups in total. The highest BCUT2D eigenvalue weighted by atomic mass is 15.0. The lowest BCUT2D eigenvalue weighted by Crippen LogP contribution is -2.50. The van der Waals surface area contributed by atoms with Crippen molar-refractivity contribution in [2.45, 2.75) is 51.0 Å². The maximum absolute atomic E-state index is 9.09. The largest absolute Gasteiger partial charge is 0.306 e. The summed E-state index contributed by atoms with van der Waals surface area (Å²) in [5.74, 6) is 1.20. The van der Waals surface area contributed by atoms with Gasteiger partial charge in [0, 0.05) is 0 Å². The molecule has 2 heteroatoms. The van der Waals surface area contributed by atoms with Gasteiger partial charge in [-0.25, -0.2) is 0 Å². The van der Waals surface area contributed by atoms with Crippen molar-refractivity contribution < 1.29 is 0 Å². The highest BCUT2D eigenvalue weighted by Crippen LogP contribution is 2.29. The van der Waals surface area contributed by atoms with Crippen molar-refractivity contribution >= 4 is 0 Å². The van der Waals surface area contributed by atoms with E-state index in [4.69, 9.17) is 5.26 Å². The Morgan fingerprint density at radius 3 is 2.72 bits per heavy atom. The fraction of sp³-hybridized carbons (Fsp3) is 0.688. The van der Waals surface area contributed by atoms with Crippen LogP contribution in [-0.2, 0) is 0 Å². The minimum absolute atomic E-state index is 0.138. The van der Waals surface area contributed by atoms with E-state index in [1.807, 2.05) is 0 Å². The standard InChI is InChI=1S/C16H24N2/c1-14-7-5-6-10-16(14,11-12-17)18-13-15-8-3-2-4-9-15/h5-7,10,14-15,18H,2-4,8-9,11,13H2,1H3. The summed E-state index contributed by atoms with van der Waals surface area (Å²) in [5, 5.41) is 12.8. The number of allylic oxidation sites excluding steroid dienone is 2. The number of hydrogen-bond acceptors (Lipinski definition) is 2. The molecule has 0 spiro atoms.